The average molecular weight is 288 g/mol. The molecule has 22 heavy (non-hydrogen) atoms. The van der Waals surface area contributed by atoms with Crippen LogP contribution in [0, 0.1) is 6.92 Å². The van der Waals surface area contributed by atoms with Gasteiger partial charge in [-0.25, -0.2) is 0 Å². The molecule has 0 amide bonds. The molecule has 1 heterocycles. The summed E-state index contributed by atoms with van der Waals surface area (Å²) in [6.07, 6.45) is 0. The van der Waals surface area contributed by atoms with Gasteiger partial charge in [0.25, 0.3) is 0 Å². The maximum absolute atomic E-state index is 4.51. The van der Waals surface area contributed by atoms with E-state index in [2.05, 4.69) is 71.0 Å². The minimum absolute atomic E-state index is 0.789. The highest BCUT2D eigenvalue weighted by molar-refractivity contribution is 5.63. The Labute approximate surface area is 131 Å². The Balaban J connectivity index is 1.64. The van der Waals surface area contributed by atoms with Crippen LogP contribution in [0.1, 0.15) is 17.0 Å². The van der Waals surface area contributed by atoms with Gasteiger partial charge < -0.3 is 5.32 Å². The third-order valence-electron chi connectivity index (χ3n) is 3.62. The Kier molecular flexibility index (Phi) is 4.62. The van der Waals surface area contributed by atoms with E-state index >= 15 is 0 Å². The zero-order chi connectivity index (χ0) is 15.2. The SMILES string of the molecule is Cc1cccc(CNCc2cccc(-c3ccccc3)c2)n1. The Bertz CT molecular complexity index is 735. The number of hydrogen-bond acceptors (Lipinski definition) is 2. The molecule has 3 rings (SSSR count). The Hall–Kier alpha value is -2.45. The molecule has 1 aromatic heterocycles. The summed E-state index contributed by atoms with van der Waals surface area (Å²) in [5, 5.41) is 3.46. The van der Waals surface area contributed by atoms with E-state index in [4.69, 9.17) is 0 Å². The molecule has 2 aromatic carbocycles. The first-order valence-corrected chi connectivity index (χ1v) is 7.59. The normalized spacial score (nSPS) is 10.6. The van der Waals surface area contributed by atoms with Gasteiger partial charge in [0, 0.05) is 18.8 Å². The molecule has 110 valence electrons. The van der Waals surface area contributed by atoms with E-state index in [1.165, 1.54) is 16.7 Å². The van der Waals surface area contributed by atoms with Crippen LogP contribution in [0.5, 0.6) is 0 Å². The first-order valence-electron chi connectivity index (χ1n) is 7.59. The van der Waals surface area contributed by atoms with Crippen molar-refractivity contribution in [3.8, 4) is 11.1 Å². The molecular formula is C20H20N2. The number of aromatic nitrogens is 1. The van der Waals surface area contributed by atoms with E-state index < -0.39 is 0 Å². The highest BCUT2D eigenvalue weighted by atomic mass is 14.9. The maximum atomic E-state index is 4.51. The first-order chi connectivity index (χ1) is 10.8. The fraction of sp³-hybridized carbons (Fsp3) is 0.150. The number of nitrogens with one attached hydrogen (secondary N) is 1. The Morgan fingerprint density at radius 2 is 1.55 bits per heavy atom. The monoisotopic (exact) mass is 288 g/mol. The van der Waals surface area contributed by atoms with Crippen molar-refractivity contribution in [2.75, 3.05) is 0 Å². The lowest BCUT2D eigenvalue weighted by atomic mass is 10.0. The van der Waals surface area contributed by atoms with E-state index in [9.17, 15) is 0 Å². The molecule has 0 bridgehead atoms. The van der Waals surface area contributed by atoms with Crippen LogP contribution in [0.3, 0.4) is 0 Å². The number of hydrogen-bond donors (Lipinski definition) is 1. The number of nitrogens with zero attached hydrogens (tertiary/aromatic N) is 1. The van der Waals surface area contributed by atoms with Gasteiger partial charge in [0.2, 0.25) is 0 Å². The van der Waals surface area contributed by atoms with Gasteiger partial charge in [0.05, 0.1) is 5.69 Å². The molecule has 0 aliphatic rings. The van der Waals surface area contributed by atoms with Crippen molar-refractivity contribution in [2.45, 2.75) is 20.0 Å². The topological polar surface area (TPSA) is 24.9 Å². The minimum Gasteiger partial charge on any atom is -0.307 e. The van der Waals surface area contributed by atoms with Crippen LogP contribution in [0.25, 0.3) is 11.1 Å². The Morgan fingerprint density at radius 3 is 2.36 bits per heavy atom. The minimum atomic E-state index is 0.789. The summed E-state index contributed by atoms with van der Waals surface area (Å²) in [4.78, 5) is 4.51. The number of pyridine rings is 1. The molecular weight excluding hydrogens is 268 g/mol. The van der Waals surface area contributed by atoms with Crippen LogP contribution < -0.4 is 5.32 Å². The van der Waals surface area contributed by atoms with E-state index in [1.54, 1.807) is 0 Å². The summed E-state index contributed by atoms with van der Waals surface area (Å²) in [5.74, 6) is 0. The van der Waals surface area contributed by atoms with Crippen LogP contribution in [-0.4, -0.2) is 4.98 Å². The lowest BCUT2D eigenvalue weighted by Gasteiger charge is -2.08. The van der Waals surface area contributed by atoms with Crippen molar-refractivity contribution in [1.82, 2.24) is 10.3 Å². The van der Waals surface area contributed by atoms with Gasteiger partial charge in [0.1, 0.15) is 0 Å². The van der Waals surface area contributed by atoms with Crippen molar-refractivity contribution in [1.29, 1.82) is 0 Å². The lowest BCUT2D eigenvalue weighted by Crippen LogP contribution is -2.13. The molecule has 0 saturated heterocycles. The molecule has 0 saturated carbocycles. The van der Waals surface area contributed by atoms with Crippen LogP contribution in [-0.2, 0) is 13.1 Å². The van der Waals surface area contributed by atoms with Crippen LogP contribution in [0.2, 0.25) is 0 Å². The third-order valence-corrected chi connectivity index (χ3v) is 3.62. The number of rotatable bonds is 5. The molecule has 1 N–H and O–H groups in total. The van der Waals surface area contributed by atoms with Gasteiger partial charge in [-0.3, -0.25) is 4.98 Å². The molecule has 0 spiro atoms. The lowest BCUT2D eigenvalue weighted by molar-refractivity contribution is 0.678. The van der Waals surface area contributed by atoms with Crippen molar-refractivity contribution >= 4 is 0 Å². The smallest absolute Gasteiger partial charge is 0.0544 e. The quantitative estimate of drug-likeness (QED) is 0.755. The average Bonchev–Trinajstić information content (AvgIpc) is 2.56. The molecule has 0 radical (unpaired) electrons. The van der Waals surface area contributed by atoms with Crippen LogP contribution >= 0.6 is 0 Å². The summed E-state index contributed by atoms with van der Waals surface area (Å²) >= 11 is 0. The second-order valence-electron chi connectivity index (χ2n) is 5.44. The maximum Gasteiger partial charge on any atom is 0.0544 e. The fourth-order valence-corrected chi connectivity index (χ4v) is 2.52. The van der Waals surface area contributed by atoms with E-state index in [1.807, 2.05) is 19.1 Å². The third kappa shape index (κ3) is 3.80. The largest absolute Gasteiger partial charge is 0.307 e. The predicted octanol–water partition coefficient (Wildman–Crippen LogP) is 4.35. The summed E-state index contributed by atoms with van der Waals surface area (Å²) in [5.41, 5.74) is 5.94. The predicted molar refractivity (Wildman–Crippen MR) is 91.4 cm³/mol. The number of aryl methyl sites for hydroxylation is 1. The van der Waals surface area contributed by atoms with Crippen molar-refractivity contribution in [3.05, 3.63) is 89.7 Å². The van der Waals surface area contributed by atoms with Gasteiger partial charge in [0.15, 0.2) is 0 Å². The number of benzene rings is 2. The summed E-state index contributed by atoms with van der Waals surface area (Å²) < 4.78 is 0. The molecule has 0 atom stereocenters. The Morgan fingerprint density at radius 1 is 0.773 bits per heavy atom. The van der Waals surface area contributed by atoms with Crippen molar-refractivity contribution in [2.24, 2.45) is 0 Å². The first kappa shape index (κ1) is 14.5. The van der Waals surface area contributed by atoms with Gasteiger partial charge in [-0.2, -0.15) is 0 Å². The fourth-order valence-electron chi connectivity index (χ4n) is 2.52. The van der Waals surface area contributed by atoms with Gasteiger partial charge in [-0.1, -0.05) is 54.6 Å². The molecule has 0 unspecified atom stereocenters. The van der Waals surface area contributed by atoms with E-state index in [0.29, 0.717) is 0 Å². The molecule has 0 aliphatic heterocycles. The summed E-state index contributed by atoms with van der Waals surface area (Å²) in [6.45, 7) is 3.65. The summed E-state index contributed by atoms with van der Waals surface area (Å²) in [6, 6.07) is 25.3. The van der Waals surface area contributed by atoms with E-state index in [0.717, 1.165) is 24.5 Å². The second kappa shape index (κ2) is 7.01. The molecule has 2 heteroatoms. The highest BCUT2D eigenvalue weighted by Crippen LogP contribution is 2.19. The zero-order valence-corrected chi connectivity index (χ0v) is 12.8. The highest BCUT2D eigenvalue weighted by Gasteiger charge is 2.00. The zero-order valence-electron chi connectivity index (χ0n) is 12.8. The molecule has 3 aromatic rings. The molecule has 0 fully saturated rings. The summed E-state index contributed by atoms with van der Waals surface area (Å²) in [7, 11) is 0. The van der Waals surface area contributed by atoms with Crippen LogP contribution in [0.15, 0.2) is 72.8 Å². The van der Waals surface area contributed by atoms with Crippen molar-refractivity contribution in [3.63, 3.8) is 0 Å². The van der Waals surface area contributed by atoms with Gasteiger partial charge in [-0.15, -0.1) is 0 Å². The van der Waals surface area contributed by atoms with E-state index in [-0.39, 0.29) is 0 Å². The standard InChI is InChI=1S/C20H20N2/c1-16-7-5-12-20(22-16)15-21-14-17-8-6-11-19(13-17)18-9-3-2-4-10-18/h2-13,21H,14-15H2,1H3. The van der Waals surface area contributed by atoms with Gasteiger partial charge in [-0.05, 0) is 41.8 Å². The molecule has 2 nitrogen and oxygen atoms in total. The second-order valence-corrected chi connectivity index (χ2v) is 5.44. The van der Waals surface area contributed by atoms with Gasteiger partial charge >= 0.3 is 0 Å². The van der Waals surface area contributed by atoms with Crippen LogP contribution in [0.4, 0.5) is 0 Å². The van der Waals surface area contributed by atoms with Crippen molar-refractivity contribution < 1.29 is 0 Å². The molecule has 0 aliphatic carbocycles.